The van der Waals surface area contributed by atoms with Gasteiger partial charge in [-0.3, -0.25) is 9.59 Å². The van der Waals surface area contributed by atoms with Crippen LogP contribution in [0.4, 0.5) is 5.69 Å². The Morgan fingerprint density at radius 1 is 0.769 bits per heavy atom. The molecule has 0 aliphatic carbocycles. The highest BCUT2D eigenvalue weighted by Gasteiger charge is 2.25. The predicted molar refractivity (Wildman–Crippen MR) is 100 cm³/mol. The summed E-state index contributed by atoms with van der Waals surface area (Å²) >= 11 is 0. The van der Waals surface area contributed by atoms with Crippen molar-refractivity contribution in [2.45, 2.75) is 32.1 Å². The quantitative estimate of drug-likeness (QED) is 0.836. The van der Waals surface area contributed by atoms with Crippen molar-refractivity contribution in [3.8, 4) is 0 Å². The first kappa shape index (κ1) is 16.8. The van der Waals surface area contributed by atoms with E-state index < -0.39 is 0 Å². The molecule has 1 fully saturated rings. The number of likely N-dealkylation sites (tertiary alicyclic amines) is 1. The van der Waals surface area contributed by atoms with Gasteiger partial charge < -0.3 is 9.80 Å². The van der Waals surface area contributed by atoms with E-state index in [0.717, 1.165) is 44.5 Å². The Kier molecular flexibility index (Phi) is 4.69. The molecule has 0 bridgehead atoms. The third-order valence-electron chi connectivity index (χ3n) is 5.19. The molecule has 0 N–H and O–H groups in total. The van der Waals surface area contributed by atoms with E-state index in [4.69, 9.17) is 0 Å². The number of carbonyl (C=O) groups excluding carboxylic acids is 2. The Labute approximate surface area is 153 Å². The number of piperidine rings is 1. The smallest absolute Gasteiger partial charge is 0.276 e. The minimum atomic E-state index is -0.134. The summed E-state index contributed by atoms with van der Waals surface area (Å²) < 4.78 is 0. The maximum absolute atomic E-state index is 13.1. The van der Waals surface area contributed by atoms with E-state index in [1.807, 2.05) is 23.1 Å². The van der Waals surface area contributed by atoms with Crippen LogP contribution in [0.25, 0.3) is 0 Å². The van der Waals surface area contributed by atoms with Gasteiger partial charge in [0.15, 0.2) is 0 Å². The number of rotatable bonds is 2. The van der Waals surface area contributed by atoms with E-state index in [9.17, 15) is 9.59 Å². The molecule has 0 radical (unpaired) electrons. The average Bonchev–Trinajstić information content (AvgIpc) is 2.73. The zero-order valence-corrected chi connectivity index (χ0v) is 14.9. The van der Waals surface area contributed by atoms with Gasteiger partial charge in [-0.2, -0.15) is 0 Å². The molecule has 5 nitrogen and oxygen atoms in total. The lowest BCUT2D eigenvalue weighted by Gasteiger charge is -2.29. The maximum atomic E-state index is 13.1. The lowest BCUT2D eigenvalue weighted by Crippen LogP contribution is -2.38. The molecule has 2 amide bonds. The number of amides is 2. The van der Waals surface area contributed by atoms with Crippen LogP contribution in [-0.2, 0) is 6.42 Å². The van der Waals surface area contributed by atoms with Crippen molar-refractivity contribution in [2.24, 2.45) is 0 Å². The maximum Gasteiger partial charge on any atom is 0.276 e. The number of fused-ring (bicyclic) bond motifs is 1. The minimum absolute atomic E-state index is 0.0709. The van der Waals surface area contributed by atoms with Gasteiger partial charge in [-0.05, 0) is 55.9 Å². The first-order chi connectivity index (χ1) is 12.7. The fraction of sp³-hybridized carbons (Fsp3) is 0.381. The molecular formula is C21H23N3O2. The van der Waals surface area contributed by atoms with Crippen LogP contribution in [0.1, 0.15) is 52.2 Å². The molecule has 5 heteroatoms. The van der Waals surface area contributed by atoms with Crippen LogP contribution < -0.4 is 4.90 Å². The summed E-state index contributed by atoms with van der Waals surface area (Å²) in [6.45, 7) is 2.23. The van der Waals surface area contributed by atoms with Gasteiger partial charge in [-0.15, -0.1) is 0 Å². The van der Waals surface area contributed by atoms with Gasteiger partial charge in [0.25, 0.3) is 11.8 Å². The predicted octanol–water partition coefficient (Wildman–Crippen LogP) is 3.30. The van der Waals surface area contributed by atoms with E-state index >= 15 is 0 Å². The number of nitrogens with zero attached hydrogens (tertiary/aromatic N) is 3. The monoisotopic (exact) mass is 349 g/mol. The zero-order valence-electron chi connectivity index (χ0n) is 14.9. The number of anilines is 1. The van der Waals surface area contributed by atoms with Crippen molar-refractivity contribution in [2.75, 3.05) is 24.5 Å². The Morgan fingerprint density at radius 3 is 2.31 bits per heavy atom. The molecule has 0 unspecified atom stereocenters. The summed E-state index contributed by atoms with van der Waals surface area (Å²) in [5.74, 6) is -0.205. The molecule has 1 saturated heterocycles. The molecule has 2 aliphatic heterocycles. The average molecular weight is 349 g/mol. The lowest BCUT2D eigenvalue weighted by atomic mass is 10.0. The Balaban J connectivity index is 1.59. The Morgan fingerprint density at radius 2 is 1.50 bits per heavy atom. The van der Waals surface area contributed by atoms with E-state index in [0.29, 0.717) is 17.9 Å². The van der Waals surface area contributed by atoms with E-state index in [1.54, 1.807) is 23.1 Å². The van der Waals surface area contributed by atoms with Gasteiger partial charge in [-0.25, -0.2) is 4.98 Å². The molecule has 26 heavy (non-hydrogen) atoms. The SMILES string of the molecule is O=C(c1cccc(C(=O)N2CCCc3ccccc32)n1)N1CCCCC1. The fourth-order valence-corrected chi connectivity index (χ4v) is 3.81. The first-order valence-electron chi connectivity index (χ1n) is 9.40. The highest BCUT2D eigenvalue weighted by molar-refractivity contribution is 6.06. The summed E-state index contributed by atoms with van der Waals surface area (Å²) in [5, 5.41) is 0. The highest BCUT2D eigenvalue weighted by atomic mass is 16.2. The number of aryl methyl sites for hydroxylation is 1. The van der Waals surface area contributed by atoms with Crippen molar-refractivity contribution in [3.05, 3.63) is 59.4 Å². The van der Waals surface area contributed by atoms with Gasteiger partial charge in [0, 0.05) is 25.3 Å². The van der Waals surface area contributed by atoms with Crippen molar-refractivity contribution in [3.63, 3.8) is 0 Å². The summed E-state index contributed by atoms with van der Waals surface area (Å²) in [7, 11) is 0. The Bertz CT molecular complexity index is 828. The number of hydrogen-bond acceptors (Lipinski definition) is 3. The van der Waals surface area contributed by atoms with Crippen LogP contribution in [0.3, 0.4) is 0 Å². The summed E-state index contributed by atoms with van der Waals surface area (Å²) in [5.41, 5.74) is 2.85. The minimum Gasteiger partial charge on any atom is -0.337 e. The molecule has 4 rings (SSSR count). The summed E-state index contributed by atoms with van der Waals surface area (Å²) in [6, 6.07) is 13.2. The van der Waals surface area contributed by atoms with Crippen molar-refractivity contribution in [1.82, 2.24) is 9.88 Å². The molecule has 0 spiro atoms. The van der Waals surface area contributed by atoms with Crippen molar-refractivity contribution in [1.29, 1.82) is 0 Å². The summed E-state index contributed by atoms with van der Waals surface area (Å²) in [6.07, 6.45) is 5.17. The largest absolute Gasteiger partial charge is 0.337 e. The van der Waals surface area contributed by atoms with Crippen LogP contribution >= 0.6 is 0 Å². The lowest BCUT2D eigenvalue weighted by molar-refractivity contribution is 0.0718. The van der Waals surface area contributed by atoms with Crippen LogP contribution in [0.5, 0.6) is 0 Å². The second-order valence-electron chi connectivity index (χ2n) is 6.95. The van der Waals surface area contributed by atoms with Gasteiger partial charge in [-0.1, -0.05) is 24.3 Å². The van der Waals surface area contributed by atoms with Crippen LogP contribution in [0.15, 0.2) is 42.5 Å². The number of hydrogen-bond donors (Lipinski definition) is 0. The third-order valence-corrected chi connectivity index (χ3v) is 5.19. The van der Waals surface area contributed by atoms with Crippen LogP contribution in [-0.4, -0.2) is 41.3 Å². The first-order valence-corrected chi connectivity index (χ1v) is 9.40. The van der Waals surface area contributed by atoms with Crippen molar-refractivity contribution >= 4 is 17.5 Å². The molecule has 0 saturated carbocycles. The van der Waals surface area contributed by atoms with Gasteiger partial charge in [0.2, 0.25) is 0 Å². The summed E-state index contributed by atoms with van der Waals surface area (Å²) in [4.78, 5) is 33.8. The van der Waals surface area contributed by atoms with Gasteiger partial charge >= 0.3 is 0 Å². The number of aromatic nitrogens is 1. The third kappa shape index (κ3) is 3.21. The standard InChI is InChI=1S/C21H23N3O2/c25-20(23-13-4-1-5-14-23)17-10-6-11-18(22-17)21(26)24-15-7-9-16-8-2-3-12-19(16)24/h2-3,6,8,10-12H,1,4-5,7,9,13-15H2. The Hall–Kier alpha value is -2.69. The second kappa shape index (κ2) is 7.28. The molecule has 134 valence electrons. The zero-order chi connectivity index (χ0) is 17.9. The normalized spacial score (nSPS) is 16.9. The number of para-hydroxylation sites is 1. The molecule has 2 aromatic rings. The van der Waals surface area contributed by atoms with Crippen molar-refractivity contribution < 1.29 is 9.59 Å². The second-order valence-corrected chi connectivity index (χ2v) is 6.95. The fourth-order valence-electron chi connectivity index (χ4n) is 3.81. The molecule has 1 aromatic carbocycles. The molecule has 0 atom stereocenters. The topological polar surface area (TPSA) is 53.5 Å². The van der Waals surface area contributed by atoms with E-state index in [2.05, 4.69) is 11.1 Å². The van der Waals surface area contributed by atoms with Gasteiger partial charge in [0.1, 0.15) is 11.4 Å². The van der Waals surface area contributed by atoms with E-state index in [-0.39, 0.29) is 11.8 Å². The van der Waals surface area contributed by atoms with Gasteiger partial charge in [0.05, 0.1) is 0 Å². The highest BCUT2D eigenvalue weighted by Crippen LogP contribution is 2.27. The molecule has 2 aliphatic rings. The number of pyridine rings is 1. The molecule has 1 aromatic heterocycles. The van der Waals surface area contributed by atoms with Crippen LogP contribution in [0.2, 0.25) is 0 Å². The molecule has 3 heterocycles. The van der Waals surface area contributed by atoms with Crippen LogP contribution in [0, 0.1) is 0 Å². The molecular weight excluding hydrogens is 326 g/mol. The number of carbonyl (C=O) groups is 2. The number of benzene rings is 1. The van der Waals surface area contributed by atoms with E-state index in [1.165, 1.54) is 12.0 Å².